The highest BCUT2D eigenvalue weighted by atomic mass is 19.4. The van der Waals surface area contributed by atoms with Gasteiger partial charge in [0, 0.05) is 18.9 Å². The van der Waals surface area contributed by atoms with Gasteiger partial charge in [-0.05, 0) is 32.8 Å². The van der Waals surface area contributed by atoms with Gasteiger partial charge >= 0.3 is 12.3 Å². The van der Waals surface area contributed by atoms with Crippen LogP contribution in [0, 0.1) is 5.92 Å². The average Bonchev–Trinajstić information content (AvgIpc) is 2.42. The van der Waals surface area contributed by atoms with Gasteiger partial charge in [0.25, 0.3) is 5.91 Å². The predicted molar refractivity (Wildman–Crippen MR) is 84.5 cm³/mol. The number of hydrazine groups is 1. The van der Waals surface area contributed by atoms with Crippen molar-refractivity contribution in [3.63, 3.8) is 0 Å². The van der Waals surface area contributed by atoms with Gasteiger partial charge in [-0.2, -0.15) is 13.2 Å². The highest BCUT2D eigenvalue weighted by Gasteiger charge is 2.37. The van der Waals surface area contributed by atoms with Gasteiger partial charge in [-0.1, -0.05) is 13.8 Å². The van der Waals surface area contributed by atoms with E-state index in [4.69, 9.17) is 4.74 Å². The Labute approximate surface area is 144 Å². The summed E-state index contributed by atoms with van der Waals surface area (Å²) in [5.41, 5.74) is -0.373. The van der Waals surface area contributed by atoms with Crippen molar-refractivity contribution in [1.29, 1.82) is 0 Å². The van der Waals surface area contributed by atoms with Crippen molar-refractivity contribution in [2.24, 2.45) is 5.92 Å². The van der Waals surface area contributed by atoms with Crippen molar-refractivity contribution < 1.29 is 27.5 Å². The minimum absolute atomic E-state index is 0.00423. The number of hydrogen-bond donors (Lipinski definition) is 1. The zero-order valence-corrected chi connectivity index (χ0v) is 14.8. The monoisotopic (exact) mass is 361 g/mol. The molecule has 0 aliphatic carbocycles. The highest BCUT2D eigenvalue weighted by molar-refractivity contribution is 5.96. The van der Waals surface area contributed by atoms with E-state index in [1.807, 2.05) is 0 Å². The highest BCUT2D eigenvalue weighted by Crippen LogP contribution is 2.31. The van der Waals surface area contributed by atoms with Gasteiger partial charge < -0.3 is 4.74 Å². The third-order valence-corrected chi connectivity index (χ3v) is 2.77. The van der Waals surface area contributed by atoms with Gasteiger partial charge in [-0.3, -0.25) is 9.78 Å². The van der Waals surface area contributed by atoms with Crippen LogP contribution < -0.4 is 5.43 Å². The molecular formula is C16H22F3N3O3. The zero-order valence-electron chi connectivity index (χ0n) is 14.8. The minimum atomic E-state index is -4.72. The number of pyridine rings is 1. The molecule has 0 saturated carbocycles. The molecule has 1 heterocycles. The summed E-state index contributed by atoms with van der Waals surface area (Å²) in [6.07, 6.45) is -3.87. The fourth-order valence-corrected chi connectivity index (χ4v) is 1.91. The molecule has 1 N–H and O–H groups in total. The first-order valence-electron chi connectivity index (χ1n) is 7.64. The van der Waals surface area contributed by atoms with Gasteiger partial charge in [0.05, 0.1) is 11.1 Å². The topological polar surface area (TPSA) is 71.5 Å². The number of carbonyl (C=O) groups is 2. The van der Waals surface area contributed by atoms with Gasteiger partial charge in [-0.25, -0.2) is 15.2 Å². The lowest BCUT2D eigenvalue weighted by molar-refractivity contribution is -0.138. The molecule has 0 atom stereocenters. The fraction of sp³-hybridized carbons (Fsp3) is 0.562. The second-order valence-electron chi connectivity index (χ2n) is 6.84. The Hall–Kier alpha value is -2.32. The summed E-state index contributed by atoms with van der Waals surface area (Å²) in [6, 6.07) is 0.717. The summed E-state index contributed by atoms with van der Waals surface area (Å²) in [4.78, 5) is 28.1. The number of ether oxygens (including phenoxy) is 1. The molecule has 25 heavy (non-hydrogen) atoms. The molecule has 2 amide bonds. The van der Waals surface area contributed by atoms with Gasteiger partial charge in [0.15, 0.2) is 0 Å². The van der Waals surface area contributed by atoms with Crippen LogP contribution in [0.15, 0.2) is 18.5 Å². The molecule has 0 saturated heterocycles. The molecule has 0 fully saturated rings. The van der Waals surface area contributed by atoms with E-state index in [0.29, 0.717) is 6.07 Å². The summed E-state index contributed by atoms with van der Waals surface area (Å²) >= 11 is 0. The zero-order chi connectivity index (χ0) is 19.4. The summed E-state index contributed by atoms with van der Waals surface area (Å²) in [5.74, 6) is -1.12. The van der Waals surface area contributed by atoms with E-state index >= 15 is 0 Å². The van der Waals surface area contributed by atoms with Crippen molar-refractivity contribution >= 4 is 12.0 Å². The molecule has 0 spiro atoms. The Balaban J connectivity index is 3.12. The van der Waals surface area contributed by atoms with E-state index in [0.717, 1.165) is 17.4 Å². The lowest BCUT2D eigenvalue weighted by Crippen LogP contribution is -2.49. The van der Waals surface area contributed by atoms with Gasteiger partial charge in [-0.15, -0.1) is 0 Å². The number of hydrogen-bond acceptors (Lipinski definition) is 4. The SMILES string of the molecule is CC(C)CN(NC(=O)OC(C)(C)C)C(=O)c1cnccc1C(F)(F)F. The maximum atomic E-state index is 13.1. The lowest BCUT2D eigenvalue weighted by Gasteiger charge is -2.28. The number of rotatable bonds is 3. The fourth-order valence-electron chi connectivity index (χ4n) is 1.91. The summed E-state index contributed by atoms with van der Waals surface area (Å²) < 4.78 is 44.4. The first kappa shape index (κ1) is 20.7. The third kappa shape index (κ3) is 6.60. The summed E-state index contributed by atoms with van der Waals surface area (Å²) in [7, 11) is 0. The molecule has 0 unspecified atom stereocenters. The first-order valence-corrected chi connectivity index (χ1v) is 7.64. The number of aromatic nitrogens is 1. The van der Waals surface area contributed by atoms with Crippen LogP contribution in [0.4, 0.5) is 18.0 Å². The molecule has 0 radical (unpaired) electrons. The van der Waals surface area contributed by atoms with Crippen LogP contribution in [-0.4, -0.2) is 34.1 Å². The lowest BCUT2D eigenvalue weighted by atomic mass is 10.1. The number of carbonyl (C=O) groups excluding carboxylic acids is 2. The van der Waals surface area contributed by atoms with E-state index in [9.17, 15) is 22.8 Å². The van der Waals surface area contributed by atoms with E-state index in [-0.39, 0.29) is 12.5 Å². The first-order chi connectivity index (χ1) is 11.3. The van der Waals surface area contributed by atoms with Crippen molar-refractivity contribution in [2.75, 3.05) is 6.54 Å². The van der Waals surface area contributed by atoms with Crippen LogP contribution in [0.1, 0.15) is 50.5 Å². The smallest absolute Gasteiger partial charge is 0.426 e. The largest absolute Gasteiger partial charge is 0.443 e. The van der Waals surface area contributed by atoms with Crippen molar-refractivity contribution in [1.82, 2.24) is 15.4 Å². The van der Waals surface area contributed by atoms with Gasteiger partial charge in [0.1, 0.15) is 5.60 Å². The van der Waals surface area contributed by atoms with Crippen molar-refractivity contribution in [2.45, 2.75) is 46.4 Å². The molecule has 1 aromatic heterocycles. The average molecular weight is 361 g/mol. The van der Waals surface area contributed by atoms with E-state index in [1.54, 1.807) is 34.6 Å². The van der Waals surface area contributed by atoms with Crippen LogP contribution in [0.25, 0.3) is 0 Å². The van der Waals surface area contributed by atoms with Crippen LogP contribution in [0.3, 0.4) is 0 Å². The maximum absolute atomic E-state index is 13.1. The molecule has 0 aliphatic heterocycles. The van der Waals surface area contributed by atoms with Crippen LogP contribution in [0.2, 0.25) is 0 Å². The maximum Gasteiger partial charge on any atom is 0.426 e. The third-order valence-electron chi connectivity index (χ3n) is 2.77. The molecule has 6 nitrogen and oxygen atoms in total. The molecule has 0 aromatic carbocycles. The quantitative estimate of drug-likeness (QED) is 0.835. The Morgan fingerprint density at radius 3 is 2.36 bits per heavy atom. The van der Waals surface area contributed by atoms with Crippen molar-refractivity contribution in [3.05, 3.63) is 29.6 Å². The van der Waals surface area contributed by atoms with Crippen LogP contribution in [-0.2, 0) is 10.9 Å². The van der Waals surface area contributed by atoms with Gasteiger partial charge in [0.2, 0.25) is 0 Å². The molecule has 9 heteroatoms. The van der Waals surface area contributed by atoms with Crippen LogP contribution in [0.5, 0.6) is 0 Å². The Morgan fingerprint density at radius 1 is 1.28 bits per heavy atom. The predicted octanol–water partition coefficient (Wildman–Crippen LogP) is 3.64. The second-order valence-corrected chi connectivity index (χ2v) is 6.84. The van der Waals surface area contributed by atoms with E-state index in [1.165, 1.54) is 0 Å². The van der Waals surface area contributed by atoms with E-state index < -0.39 is 34.9 Å². The summed E-state index contributed by atoms with van der Waals surface area (Å²) in [6.45, 7) is 8.40. The number of nitrogens with zero attached hydrogens (tertiary/aromatic N) is 2. The second kappa shape index (κ2) is 7.71. The molecule has 0 aliphatic rings. The Bertz CT molecular complexity index is 625. The Morgan fingerprint density at radius 2 is 1.88 bits per heavy atom. The molecule has 140 valence electrons. The molecule has 1 aromatic rings. The molecule has 0 bridgehead atoms. The Kier molecular flexibility index (Phi) is 6.39. The normalized spacial score (nSPS) is 12.0. The molecule has 1 rings (SSSR count). The van der Waals surface area contributed by atoms with Crippen molar-refractivity contribution in [3.8, 4) is 0 Å². The number of alkyl halides is 3. The number of amides is 2. The summed E-state index contributed by atoms with van der Waals surface area (Å²) in [5, 5.41) is 0.811. The van der Waals surface area contributed by atoms with Crippen LogP contribution >= 0.6 is 0 Å². The minimum Gasteiger partial charge on any atom is -0.443 e. The van der Waals surface area contributed by atoms with E-state index in [2.05, 4.69) is 10.4 Å². The number of nitrogens with one attached hydrogen (secondary N) is 1. The molecular weight excluding hydrogens is 339 g/mol. The number of halogens is 3. The standard InChI is InChI=1S/C16H22F3N3O3/c1-10(2)9-22(21-14(24)25-15(3,4)5)13(23)11-8-20-7-6-12(11)16(17,18)19/h6-8,10H,9H2,1-5H3,(H,21,24).